The van der Waals surface area contributed by atoms with Gasteiger partial charge in [0.1, 0.15) is 18.1 Å². The van der Waals surface area contributed by atoms with Crippen LogP contribution in [0.3, 0.4) is 0 Å². The van der Waals surface area contributed by atoms with Gasteiger partial charge in [0.05, 0.1) is 17.7 Å². The number of likely N-dealkylation sites (N-methyl/N-ethyl adjacent to an activating group) is 1. The normalized spacial score (nSPS) is 21.4. The average Bonchev–Trinajstić information content (AvgIpc) is 3.29. The number of aromatic nitrogens is 1. The van der Waals surface area contributed by atoms with E-state index >= 15 is 0 Å². The summed E-state index contributed by atoms with van der Waals surface area (Å²) in [5, 5.41) is 6.47. The average molecular weight is 487 g/mol. The molecule has 1 aromatic heterocycles. The van der Waals surface area contributed by atoms with Crippen LogP contribution in [0.4, 0.5) is 5.69 Å². The third-order valence-corrected chi connectivity index (χ3v) is 6.19. The molecule has 35 heavy (non-hydrogen) atoms. The summed E-state index contributed by atoms with van der Waals surface area (Å²) in [4.78, 5) is 42.0. The molecule has 190 valence electrons. The van der Waals surface area contributed by atoms with Crippen molar-refractivity contribution in [2.45, 2.75) is 46.3 Å². The Balaban J connectivity index is 1.94. The Morgan fingerprint density at radius 2 is 1.97 bits per heavy atom. The van der Waals surface area contributed by atoms with Crippen LogP contribution in [0.25, 0.3) is 0 Å². The SMILES string of the molecule is CCC(=O)N1C[C@H](C)[C@H](OC)CN(C)C(=O)c2cc(NC(=O)c3cc(C)on3)ccc2OC[C@@H]1C. The van der Waals surface area contributed by atoms with Gasteiger partial charge in [-0.1, -0.05) is 19.0 Å². The van der Waals surface area contributed by atoms with Crippen molar-refractivity contribution in [3.05, 3.63) is 41.3 Å². The number of amides is 3. The summed E-state index contributed by atoms with van der Waals surface area (Å²) in [6.45, 7) is 8.50. The summed E-state index contributed by atoms with van der Waals surface area (Å²) in [7, 11) is 3.30. The molecule has 0 spiro atoms. The quantitative estimate of drug-likeness (QED) is 0.707. The van der Waals surface area contributed by atoms with Crippen molar-refractivity contribution in [2.75, 3.05) is 39.2 Å². The zero-order valence-electron chi connectivity index (χ0n) is 21.2. The molecule has 3 atom stereocenters. The summed E-state index contributed by atoms with van der Waals surface area (Å²) in [5.74, 6) is 0.193. The molecule has 0 aliphatic carbocycles. The predicted molar refractivity (Wildman–Crippen MR) is 130 cm³/mol. The minimum atomic E-state index is -0.452. The monoisotopic (exact) mass is 486 g/mol. The molecule has 3 amide bonds. The summed E-state index contributed by atoms with van der Waals surface area (Å²) < 4.78 is 16.7. The second-order valence-electron chi connectivity index (χ2n) is 8.98. The maximum absolute atomic E-state index is 13.4. The number of benzene rings is 1. The van der Waals surface area contributed by atoms with Crippen LogP contribution >= 0.6 is 0 Å². The van der Waals surface area contributed by atoms with Crippen LogP contribution < -0.4 is 10.1 Å². The number of methoxy groups -OCH3 is 1. The van der Waals surface area contributed by atoms with E-state index in [1.807, 2.05) is 25.7 Å². The van der Waals surface area contributed by atoms with Crippen LogP contribution in [-0.4, -0.2) is 78.7 Å². The summed E-state index contributed by atoms with van der Waals surface area (Å²) in [5.41, 5.74) is 0.853. The lowest BCUT2D eigenvalue weighted by Crippen LogP contribution is -2.48. The first-order chi connectivity index (χ1) is 16.6. The lowest BCUT2D eigenvalue weighted by atomic mass is 10.0. The molecule has 0 saturated carbocycles. The highest BCUT2D eigenvalue weighted by Gasteiger charge is 2.30. The first-order valence-corrected chi connectivity index (χ1v) is 11.7. The maximum Gasteiger partial charge on any atom is 0.277 e. The smallest absolute Gasteiger partial charge is 0.277 e. The highest BCUT2D eigenvalue weighted by Crippen LogP contribution is 2.27. The van der Waals surface area contributed by atoms with Crippen molar-refractivity contribution < 1.29 is 28.4 Å². The van der Waals surface area contributed by atoms with E-state index in [2.05, 4.69) is 10.5 Å². The van der Waals surface area contributed by atoms with Gasteiger partial charge in [0.25, 0.3) is 11.8 Å². The zero-order chi connectivity index (χ0) is 25.7. The predicted octanol–water partition coefficient (Wildman–Crippen LogP) is 2.98. The van der Waals surface area contributed by atoms with E-state index in [0.29, 0.717) is 42.3 Å². The van der Waals surface area contributed by atoms with Crippen LogP contribution in [0, 0.1) is 12.8 Å². The van der Waals surface area contributed by atoms with Gasteiger partial charge in [-0.05, 0) is 32.0 Å². The van der Waals surface area contributed by atoms with Crippen LogP contribution in [0.2, 0.25) is 0 Å². The molecule has 0 unspecified atom stereocenters. The molecule has 10 nitrogen and oxygen atoms in total. The summed E-state index contributed by atoms with van der Waals surface area (Å²) >= 11 is 0. The van der Waals surface area contributed by atoms with Crippen molar-refractivity contribution in [2.24, 2.45) is 5.92 Å². The minimum Gasteiger partial charge on any atom is -0.491 e. The highest BCUT2D eigenvalue weighted by atomic mass is 16.5. The van der Waals surface area contributed by atoms with E-state index in [0.717, 1.165) is 0 Å². The zero-order valence-corrected chi connectivity index (χ0v) is 21.2. The number of aryl methyl sites for hydroxylation is 1. The van der Waals surface area contributed by atoms with E-state index in [4.69, 9.17) is 14.0 Å². The molecule has 1 aromatic carbocycles. The highest BCUT2D eigenvalue weighted by molar-refractivity contribution is 6.04. The number of fused-ring (bicyclic) bond motifs is 1. The summed E-state index contributed by atoms with van der Waals surface area (Å²) in [6.07, 6.45) is 0.114. The van der Waals surface area contributed by atoms with E-state index in [9.17, 15) is 14.4 Å². The Bertz CT molecular complexity index is 1070. The Hall–Kier alpha value is -3.40. The fraction of sp³-hybridized carbons (Fsp3) is 0.520. The van der Waals surface area contributed by atoms with Gasteiger partial charge in [0.15, 0.2) is 5.69 Å². The van der Waals surface area contributed by atoms with Crippen LogP contribution in [-0.2, 0) is 9.53 Å². The fourth-order valence-corrected chi connectivity index (χ4v) is 4.07. The first kappa shape index (κ1) is 26.2. The molecule has 2 aromatic rings. The van der Waals surface area contributed by atoms with Crippen molar-refractivity contribution in [1.82, 2.24) is 15.0 Å². The van der Waals surface area contributed by atoms with Gasteiger partial charge in [-0.2, -0.15) is 0 Å². The molecule has 0 saturated heterocycles. The number of hydrogen-bond acceptors (Lipinski definition) is 7. The molecule has 1 aliphatic heterocycles. The van der Waals surface area contributed by atoms with E-state index in [-0.39, 0.29) is 42.2 Å². The van der Waals surface area contributed by atoms with Gasteiger partial charge >= 0.3 is 0 Å². The second kappa shape index (κ2) is 11.4. The first-order valence-electron chi connectivity index (χ1n) is 11.7. The fourth-order valence-electron chi connectivity index (χ4n) is 4.07. The Morgan fingerprint density at radius 3 is 2.60 bits per heavy atom. The molecule has 1 N–H and O–H groups in total. The number of carbonyl (C=O) groups is 3. The van der Waals surface area contributed by atoms with Gasteiger partial charge in [0.2, 0.25) is 5.91 Å². The molecule has 3 rings (SSSR count). The summed E-state index contributed by atoms with van der Waals surface area (Å²) in [6, 6.07) is 6.20. The van der Waals surface area contributed by atoms with Crippen molar-refractivity contribution in [3.8, 4) is 5.75 Å². The second-order valence-corrected chi connectivity index (χ2v) is 8.98. The van der Waals surface area contributed by atoms with Gasteiger partial charge < -0.3 is 29.1 Å². The Morgan fingerprint density at radius 1 is 1.23 bits per heavy atom. The number of nitrogens with one attached hydrogen (secondary N) is 1. The lowest BCUT2D eigenvalue weighted by Gasteiger charge is -2.36. The molecule has 0 radical (unpaired) electrons. The number of carbonyl (C=O) groups excluding carboxylic acids is 3. The number of anilines is 1. The van der Waals surface area contributed by atoms with Crippen LogP contribution in [0.5, 0.6) is 5.75 Å². The van der Waals surface area contributed by atoms with Gasteiger partial charge in [-0.15, -0.1) is 0 Å². The molecule has 0 fully saturated rings. The van der Waals surface area contributed by atoms with Crippen molar-refractivity contribution >= 4 is 23.4 Å². The Kier molecular flexibility index (Phi) is 8.50. The minimum absolute atomic E-state index is 0.0105. The molecule has 0 bridgehead atoms. The number of rotatable bonds is 4. The largest absolute Gasteiger partial charge is 0.491 e. The van der Waals surface area contributed by atoms with Crippen LogP contribution in [0.1, 0.15) is 53.8 Å². The number of ether oxygens (including phenoxy) is 2. The molecular formula is C25H34N4O6. The van der Waals surface area contributed by atoms with Crippen molar-refractivity contribution in [1.29, 1.82) is 0 Å². The standard InChI is InChI=1S/C25H34N4O6/c1-7-23(30)29-12-15(2)22(33-6)13-28(5)25(32)19-11-18(8-9-21(19)34-14-16(29)3)26-24(31)20-10-17(4)35-27-20/h8-11,15-16,22H,7,12-14H2,1-6H3,(H,26,31)/t15-,16-,22+/m0/s1. The van der Waals surface area contributed by atoms with E-state index in [1.54, 1.807) is 44.2 Å². The third kappa shape index (κ3) is 6.19. The van der Waals surface area contributed by atoms with Gasteiger partial charge in [-0.3, -0.25) is 14.4 Å². The third-order valence-electron chi connectivity index (χ3n) is 6.19. The van der Waals surface area contributed by atoms with Gasteiger partial charge in [0, 0.05) is 51.3 Å². The molecule has 2 heterocycles. The molecule has 1 aliphatic rings. The molecular weight excluding hydrogens is 452 g/mol. The molecule has 10 heteroatoms. The number of hydrogen-bond donors (Lipinski definition) is 1. The van der Waals surface area contributed by atoms with E-state index < -0.39 is 5.91 Å². The number of nitrogens with zero attached hydrogens (tertiary/aromatic N) is 3. The topological polar surface area (TPSA) is 114 Å². The Labute approximate surface area is 205 Å². The maximum atomic E-state index is 13.4. The van der Waals surface area contributed by atoms with Gasteiger partial charge in [-0.25, -0.2) is 0 Å². The van der Waals surface area contributed by atoms with Crippen molar-refractivity contribution in [3.63, 3.8) is 0 Å². The lowest BCUT2D eigenvalue weighted by molar-refractivity contribution is -0.135. The van der Waals surface area contributed by atoms with Crippen LogP contribution in [0.15, 0.2) is 28.8 Å². The van der Waals surface area contributed by atoms with E-state index in [1.165, 1.54) is 6.07 Å².